The minimum Gasteiger partial charge on any atom is -0.207 e. The van der Waals surface area contributed by atoms with Crippen molar-refractivity contribution in [2.24, 2.45) is 0 Å². The molecule has 1 aromatic carbocycles. The smallest absolute Gasteiger partial charge is 0.207 e. The van der Waals surface area contributed by atoms with E-state index in [0.717, 1.165) is 18.2 Å². The van der Waals surface area contributed by atoms with Crippen molar-refractivity contribution in [3.63, 3.8) is 0 Å². The zero-order valence-corrected chi connectivity index (χ0v) is 8.56. The van der Waals surface area contributed by atoms with E-state index < -0.39 is 20.9 Å². The van der Waals surface area contributed by atoms with Crippen LogP contribution in [0.25, 0.3) is 0 Å². The van der Waals surface area contributed by atoms with E-state index in [1.807, 2.05) is 0 Å². The molecule has 0 aliphatic heterocycles. The second-order valence-electron chi connectivity index (χ2n) is 2.01. The summed E-state index contributed by atoms with van der Waals surface area (Å²) in [5.41, 5.74) is 0. The fourth-order valence-corrected chi connectivity index (χ4v) is 2.46. The number of hydrogen-bond acceptors (Lipinski definition) is 2. The Bertz CT molecular complexity index is 402. The molecule has 0 atom stereocenters. The van der Waals surface area contributed by atoms with Gasteiger partial charge in [-0.3, -0.25) is 0 Å². The van der Waals surface area contributed by atoms with Crippen molar-refractivity contribution in [3.8, 4) is 0 Å². The van der Waals surface area contributed by atoms with Crippen LogP contribution in [-0.2, 0) is 10.2 Å². The summed E-state index contributed by atoms with van der Waals surface area (Å²) in [6, 6.07) is 2.74. The fourth-order valence-electron chi connectivity index (χ4n) is 0.673. The molecule has 0 unspecified atom stereocenters. The van der Waals surface area contributed by atoms with Crippen LogP contribution < -0.4 is 0 Å². The predicted octanol–water partition coefficient (Wildman–Crippen LogP) is 2.09. The second kappa shape index (κ2) is 3.25. The van der Waals surface area contributed by atoms with E-state index in [-0.39, 0.29) is 3.57 Å². The molecule has 66 valence electrons. The maximum Gasteiger partial charge on any atom is 0.333 e. The van der Waals surface area contributed by atoms with Crippen molar-refractivity contribution in [2.75, 3.05) is 0 Å². The minimum absolute atomic E-state index is 0.0371. The molecule has 2 nitrogen and oxygen atoms in total. The van der Waals surface area contributed by atoms with E-state index in [1.54, 1.807) is 22.6 Å². The van der Waals surface area contributed by atoms with E-state index in [1.165, 1.54) is 0 Å². The van der Waals surface area contributed by atoms with Gasteiger partial charge in [0, 0.05) is 3.57 Å². The summed E-state index contributed by atoms with van der Waals surface area (Å²) in [5, 5.41) is 0. The first kappa shape index (κ1) is 9.85. The molecule has 0 aliphatic rings. The van der Waals surface area contributed by atoms with E-state index in [0.29, 0.717) is 0 Å². The average Bonchev–Trinajstić information content (AvgIpc) is 1.83. The Labute approximate surface area is 81.9 Å². The van der Waals surface area contributed by atoms with Gasteiger partial charge in [0.05, 0.1) is 0 Å². The highest BCUT2D eigenvalue weighted by atomic mass is 127. The zero-order chi connectivity index (χ0) is 9.35. The molecule has 0 radical (unpaired) electrons. The van der Waals surface area contributed by atoms with Crippen molar-refractivity contribution in [1.82, 2.24) is 0 Å². The maximum absolute atomic E-state index is 12.4. The Hall–Kier alpha value is -0.240. The topological polar surface area (TPSA) is 34.1 Å². The maximum atomic E-state index is 12.4. The van der Waals surface area contributed by atoms with Crippen molar-refractivity contribution in [2.45, 2.75) is 4.90 Å². The van der Waals surface area contributed by atoms with Crippen LogP contribution in [0.4, 0.5) is 8.28 Å². The molecule has 0 fully saturated rings. The van der Waals surface area contributed by atoms with Crippen LogP contribution in [0.5, 0.6) is 0 Å². The fraction of sp³-hybridized carbons (Fsp3) is 0. The molecule has 1 aromatic rings. The van der Waals surface area contributed by atoms with Crippen molar-refractivity contribution in [3.05, 3.63) is 27.6 Å². The second-order valence-corrected chi connectivity index (χ2v) is 4.49. The van der Waals surface area contributed by atoms with Crippen LogP contribution >= 0.6 is 22.6 Å². The first-order chi connectivity index (χ1) is 5.41. The molecular weight excluding hydrogens is 301 g/mol. The molecule has 12 heavy (non-hydrogen) atoms. The van der Waals surface area contributed by atoms with Gasteiger partial charge in [0.15, 0.2) is 0 Å². The van der Waals surface area contributed by atoms with E-state index in [2.05, 4.69) is 0 Å². The summed E-state index contributed by atoms with van der Waals surface area (Å²) >= 11 is 1.55. The van der Waals surface area contributed by atoms with Gasteiger partial charge in [0.25, 0.3) is 0 Å². The van der Waals surface area contributed by atoms with Gasteiger partial charge in [-0.1, -0.05) is 0 Å². The lowest BCUT2D eigenvalue weighted by molar-refractivity contribution is 0.550. The Kier molecular flexibility index (Phi) is 2.67. The highest BCUT2D eigenvalue weighted by Crippen LogP contribution is 2.20. The van der Waals surface area contributed by atoms with Crippen LogP contribution in [0.15, 0.2) is 23.1 Å². The monoisotopic (exact) mass is 304 g/mol. The molecule has 0 bridgehead atoms. The van der Waals surface area contributed by atoms with Gasteiger partial charge in [-0.15, -0.1) is 3.89 Å². The summed E-state index contributed by atoms with van der Waals surface area (Å²) in [6.07, 6.45) is 0. The van der Waals surface area contributed by atoms with Gasteiger partial charge in [-0.05, 0) is 40.8 Å². The molecule has 0 saturated heterocycles. The molecule has 6 heteroatoms. The lowest BCUT2D eigenvalue weighted by Crippen LogP contribution is -1.95. The zero-order valence-electron chi connectivity index (χ0n) is 5.59. The Morgan fingerprint density at radius 2 is 1.92 bits per heavy atom. The molecule has 0 amide bonds. The molecule has 0 heterocycles. The SMILES string of the molecule is O=S(=O)(F)c1ccc(F)cc1I. The van der Waals surface area contributed by atoms with Crippen LogP contribution in [0.3, 0.4) is 0 Å². The standard InChI is InChI=1S/C6H3F2IO2S/c7-4-1-2-6(5(9)3-4)12(8,10)11/h1-3H. The molecule has 0 N–H and O–H groups in total. The largest absolute Gasteiger partial charge is 0.333 e. The highest BCUT2D eigenvalue weighted by molar-refractivity contribution is 14.1. The van der Waals surface area contributed by atoms with E-state index in [9.17, 15) is 16.7 Å². The van der Waals surface area contributed by atoms with Crippen LogP contribution in [0, 0.1) is 9.39 Å². The number of hydrogen-bond donors (Lipinski definition) is 0. The first-order valence-corrected chi connectivity index (χ1v) is 5.27. The normalized spacial score (nSPS) is 11.6. The third kappa shape index (κ3) is 2.13. The van der Waals surface area contributed by atoms with Crippen LogP contribution in [0.1, 0.15) is 0 Å². The van der Waals surface area contributed by atoms with Gasteiger partial charge in [0.2, 0.25) is 0 Å². The van der Waals surface area contributed by atoms with Gasteiger partial charge < -0.3 is 0 Å². The number of halogens is 3. The average molecular weight is 304 g/mol. The van der Waals surface area contributed by atoms with Crippen molar-refractivity contribution in [1.29, 1.82) is 0 Å². The molecular formula is C6H3F2IO2S. The molecule has 0 spiro atoms. The Morgan fingerprint density at radius 1 is 1.33 bits per heavy atom. The highest BCUT2D eigenvalue weighted by Gasteiger charge is 2.15. The Morgan fingerprint density at radius 3 is 2.33 bits per heavy atom. The summed E-state index contributed by atoms with van der Waals surface area (Å²) < 4.78 is 45.6. The van der Waals surface area contributed by atoms with Crippen molar-refractivity contribution < 1.29 is 16.7 Å². The molecule has 0 aromatic heterocycles. The van der Waals surface area contributed by atoms with Gasteiger partial charge in [0.1, 0.15) is 10.7 Å². The Balaban J connectivity index is 3.39. The van der Waals surface area contributed by atoms with Gasteiger partial charge >= 0.3 is 10.2 Å². The number of benzene rings is 1. The third-order valence-corrected chi connectivity index (χ3v) is 3.30. The summed E-state index contributed by atoms with van der Waals surface area (Å²) in [7, 11) is -4.72. The number of rotatable bonds is 1. The first-order valence-electron chi connectivity index (χ1n) is 2.81. The molecule has 1 rings (SSSR count). The molecule has 0 aliphatic carbocycles. The quantitative estimate of drug-likeness (QED) is 0.588. The van der Waals surface area contributed by atoms with Gasteiger partial charge in [-0.25, -0.2) is 4.39 Å². The van der Waals surface area contributed by atoms with E-state index >= 15 is 0 Å². The van der Waals surface area contributed by atoms with E-state index in [4.69, 9.17) is 0 Å². The van der Waals surface area contributed by atoms with Crippen LogP contribution in [0.2, 0.25) is 0 Å². The summed E-state index contributed by atoms with van der Waals surface area (Å²) in [6.45, 7) is 0. The van der Waals surface area contributed by atoms with Gasteiger partial charge in [-0.2, -0.15) is 8.42 Å². The lowest BCUT2D eigenvalue weighted by Gasteiger charge is -1.97. The predicted molar refractivity (Wildman–Crippen MR) is 47.4 cm³/mol. The third-order valence-electron chi connectivity index (χ3n) is 1.16. The molecule has 0 saturated carbocycles. The summed E-state index contributed by atoms with van der Waals surface area (Å²) in [4.78, 5) is -0.496. The van der Waals surface area contributed by atoms with Crippen molar-refractivity contribution >= 4 is 32.8 Å². The summed E-state index contributed by atoms with van der Waals surface area (Å²) in [5.74, 6) is -0.591. The van der Waals surface area contributed by atoms with Crippen LogP contribution in [-0.4, -0.2) is 8.42 Å². The lowest BCUT2D eigenvalue weighted by atomic mass is 10.3. The minimum atomic E-state index is -4.72.